The summed E-state index contributed by atoms with van der Waals surface area (Å²) in [5.41, 5.74) is 0.906. The third-order valence-electron chi connectivity index (χ3n) is 3.28. The number of hydrogen-bond acceptors (Lipinski definition) is 5. The van der Waals surface area contributed by atoms with E-state index in [9.17, 15) is 14.4 Å². The van der Waals surface area contributed by atoms with Gasteiger partial charge in [0.25, 0.3) is 0 Å². The first-order valence-corrected chi connectivity index (χ1v) is 7.97. The molecule has 5 nitrogen and oxygen atoms in total. The summed E-state index contributed by atoms with van der Waals surface area (Å²) in [6, 6.07) is 12.6. The lowest BCUT2D eigenvalue weighted by molar-refractivity contribution is -0.129. The zero-order chi connectivity index (χ0) is 18.9. The number of carbonyl (C=O) groups excluding carboxylic acids is 3. The van der Waals surface area contributed by atoms with Crippen molar-refractivity contribution in [2.75, 3.05) is 0 Å². The molecular formula is C21H18O5. The summed E-state index contributed by atoms with van der Waals surface area (Å²) in [6.45, 7) is 3.44. The third kappa shape index (κ3) is 5.27. The highest BCUT2D eigenvalue weighted by Gasteiger charge is 2.10. The van der Waals surface area contributed by atoms with Crippen molar-refractivity contribution in [3.63, 3.8) is 0 Å². The molecule has 0 amide bonds. The lowest BCUT2D eigenvalue weighted by Crippen LogP contribution is -2.06. The monoisotopic (exact) mass is 350 g/mol. The molecule has 2 aromatic carbocycles. The molecule has 0 atom stereocenters. The van der Waals surface area contributed by atoms with Gasteiger partial charge < -0.3 is 9.47 Å². The quantitative estimate of drug-likeness (QED) is 0.342. The van der Waals surface area contributed by atoms with Crippen molar-refractivity contribution in [1.82, 2.24) is 0 Å². The maximum absolute atomic E-state index is 12.5. The van der Waals surface area contributed by atoms with E-state index in [1.165, 1.54) is 12.2 Å². The second kappa shape index (κ2) is 9.13. The summed E-state index contributed by atoms with van der Waals surface area (Å²) in [4.78, 5) is 35.3. The highest BCUT2D eigenvalue weighted by Crippen LogP contribution is 2.18. The van der Waals surface area contributed by atoms with Crippen molar-refractivity contribution in [2.24, 2.45) is 0 Å². The molecule has 26 heavy (non-hydrogen) atoms. The molecule has 0 bridgehead atoms. The van der Waals surface area contributed by atoms with Crippen LogP contribution in [0, 0.1) is 0 Å². The van der Waals surface area contributed by atoms with Gasteiger partial charge in [0.1, 0.15) is 11.5 Å². The van der Waals surface area contributed by atoms with E-state index in [-0.39, 0.29) is 5.78 Å². The Morgan fingerprint density at radius 3 is 1.31 bits per heavy atom. The molecule has 5 heteroatoms. The molecule has 0 saturated heterocycles. The van der Waals surface area contributed by atoms with Crippen LogP contribution in [0.3, 0.4) is 0 Å². The van der Waals surface area contributed by atoms with E-state index in [0.717, 1.165) is 0 Å². The van der Waals surface area contributed by atoms with Gasteiger partial charge >= 0.3 is 11.9 Å². The van der Waals surface area contributed by atoms with E-state index >= 15 is 0 Å². The van der Waals surface area contributed by atoms with Crippen LogP contribution in [-0.4, -0.2) is 17.7 Å². The van der Waals surface area contributed by atoms with Crippen molar-refractivity contribution in [3.05, 3.63) is 84.0 Å². The second-order valence-electron chi connectivity index (χ2n) is 5.22. The van der Waals surface area contributed by atoms with Crippen LogP contribution in [0.1, 0.15) is 29.8 Å². The van der Waals surface area contributed by atoms with E-state index in [0.29, 0.717) is 22.6 Å². The van der Waals surface area contributed by atoms with E-state index in [4.69, 9.17) is 9.47 Å². The highest BCUT2D eigenvalue weighted by molar-refractivity contribution is 6.09. The SMILES string of the molecule is CC=CC(=O)Oc1ccc(C(=O)c2ccc(OC(=O)C=CC)cc2)cc1. The molecule has 0 aliphatic carbocycles. The third-order valence-corrected chi connectivity index (χ3v) is 3.28. The van der Waals surface area contributed by atoms with Crippen molar-refractivity contribution in [1.29, 1.82) is 0 Å². The number of ketones is 1. The molecule has 0 aromatic heterocycles. The number of allylic oxidation sites excluding steroid dienone is 2. The van der Waals surface area contributed by atoms with Crippen molar-refractivity contribution in [2.45, 2.75) is 13.8 Å². The average Bonchev–Trinajstić information content (AvgIpc) is 2.63. The van der Waals surface area contributed by atoms with Gasteiger partial charge in [0, 0.05) is 23.3 Å². The predicted molar refractivity (Wildman–Crippen MR) is 97.2 cm³/mol. The van der Waals surface area contributed by atoms with Gasteiger partial charge in [0.2, 0.25) is 0 Å². The first-order chi connectivity index (χ1) is 12.5. The normalized spacial score (nSPS) is 10.8. The molecule has 0 spiro atoms. The molecule has 0 aliphatic heterocycles. The summed E-state index contributed by atoms with van der Waals surface area (Å²) < 4.78 is 10.2. The molecule has 0 fully saturated rings. The Morgan fingerprint density at radius 2 is 1.00 bits per heavy atom. The van der Waals surface area contributed by atoms with E-state index in [2.05, 4.69) is 0 Å². The number of carbonyl (C=O) groups is 3. The van der Waals surface area contributed by atoms with E-state index in [1.807, 2.05) is 0 Å². The largest absolute Gasteiger partial charge is 0.423 e. The van der Waals surface area contributed by atoms with Crippen LogP contribution >= 0.6 is 0 Å². The first-order valence-electron chi connectivity index (χ1n) is 7.97. The predicted octanol–water partition coefficient (Wildman–Crippen LogP) is 3.88. The first kappa shape index (κ1) is 18.9. The number of ether oxygens (including phenoxy) is 2. The van der Waals surface area contributed by atoms with E-state index in [1.54, 1.807) is 74.5 Å². The van der Waals surface area contributed by atoms with Gasteiger partial charge in [-0.15, -0.1) is 0 Å². The molecular weight excluding hydrogens is 332 g/mol. The van der Waals surface area contributed by atoms with Gasteiger partial charge in [-0.05, 0) is 62.4 Å². The number of benzene rings is 2. The Morgan fingerprint density at radius 1 is 0.654 bits per heavy atom. The van der Waals surface area contributed by atoms with Crippen LogP contribution in [0.25, 0.3) is 0 Å². The fourth-order valence-electron chi connectivity index (χ4n) is 2.09. The summed E-state index contributed by atoms with van der Waals surface area (Å²) in [7, 11) is 0. The lowest BCUT2D eigenvalue weighted by atomic mass is 10.0. The van der Waals surface area contributed by atoms with Gasteiger partial charge in [-0.25, -0.2) is 9.59 Å². The zero-order valence-electron chi connectivity index (χ0n) is 14.5. The number of esters is 2. The summed E-state index contributed by atoms with van der Waals surface area (Å²) in [5, 5.41) is 0. The molecule has 2 aromatic rings. The summed E-state index contributed by atoms with van der Waals surface area (Å²) in [5.74, 6) is -0.432. The van der Waals surface area contributed by atoms with Gasteiger partial charge in [0.15, 0.2) is 5.78 Å². The number of rotatable bonds is 6. The Hall–Kier alpha value is -3.47. The fraction of sp³-hybridized carbons (Fsp3) is 0.0952. The smallest absolute Gasteiger partial charge is 0.335 e. The van der Waals surface area contributed by atoms with Gasteiger partial charge in [-0.2, -0.15) is 0 Å². The van der Waals surface area contributed by atoms with Crippen LogP contribution in [0.4, 0.5) is 0 Å². The molecule has 0 radical (unpaired) electrons. The second-order valence-corrected chi connectivity index (χ2v) is 5.22. The minimum atomic E-state index is -0.477. The number of hydrogen-bond donors (Lipinski definition) is 0. The Bertz CT molecular complexity index is 771. The maximum atomic E-state index is 12.5. The Balaban J connectivity index is 2.06. The molecule has 0 saturated carbocycles. The minimum absolute atomic E-state index is 0.192. The van der Waals surface area contributed by atoms with Crippen LogP contribution < -0.4 is 9.47 Å². The minimum Gasteiger partial charge on any atom is -0.423 e. The topological polar surface area (TPSA) is 69.7 Å². The van der Waals surface area contributed by atoms with Crippen molar-refractivity contribution >= 4 is 17.7 Å². The molecule has 0 N–H and O–H groups in total. The maximum Gasteiger partial charge on any atom is 0.335 e. The molecule has 0 heterocycles. The Kier molecular flexibility index (Phi) is 6.62. The van der Waals surface area contributed by atoms with Crippen LogP contribution in [0.2, 0.25) is 0 Å². The Labute approximate surface area is 151 Å². The van der Waals surface area contributed by atoms with Gasteiger partial charge in [-0.3, -0.25) is 4.79 Å². The zero-order valence-corrected chi connectivity index (χ0v) is 14.5. The van der Waals surface area contributed by atoms with Crippen LogP contribution in [0.5, 0.6) is 11.5 Å². The highest BCUT2D eigenvalue weighted by atomic mass is 16.5. The molecule has 0 unspecified atom stereocenters. The lowest BCUT2D eigenvalue weighted by Gasteiger charge is -2.05. The van der Waals surface area contributed by atoms with Crippen molar-refractivity contribution in [3.8, 4) is 11.5 Å². The fourth-order valence-corrected chi connectivity index (χ4v) is 2.09. The average molecular weight is 350 g/mol. The van der Waals surface area contributed by atoms with Gasteiger partial charge in [0.05, 0.1) is 0 Å². The van der Waals surface area contributed by atoms with Gasteiger partial charge in [-0.1, -0.05) is 12.2 Å². The van der Waals surface area contributed by atoms with Crippen molar-refractivity contribution < 1.29 is 23.9 Å². The standard InChI is InChI=1S/C21H18O5/c1-3-5-19(22)25-17-11-7-15(8-12-17)21(24)16-9-13-18(14-10-16)26-20(23)6-4-2/h3-14H,1-2H3. The summed E-state index contributed by atoms with van der Waals surface area (Å²) in [6.07, 6.45) is 5.78. The molecule has 2 rings (SSSR count). The van der Waals surface area contributed by atoms with E-state index < -0.39 is 11.9 Å². The molecule has 132 valence electrons. The van der Waals surface area contributed by atoms with Crippen LogP contribution in [-0.2, 0) is 9.59 Å². The van der Waals surface area contributed by atoms with Crippen LogP contribution in [0.15, 0.2) is 72.8 Å². The molecule has 0 aliphatic rings. The summed E-state index contributed by atoms with van der Waals surface area (Å²) >= 11 is 0.